The highest BCUT2D eigenvalue weighted by molar-refractivity contribution is 5.95. The molecule has 2 rings (SSSR count). The van der Waals surface area contributed by atoms with E-state index in [-0.39, 0.29) is 37.1 Å². The zero-order chi connectivity index (χ0) is 32.9. The first kappa shape index (κ1) is 34.6. The van der Waals surface area contributed by atoms with Crippen molar-refractivity contribution in [3.8, 4) is 11.5 Å². The maximum atomic E-state index is 14.9. The molecule has 0 spiro atoms. The van der Waals surface area contributed by atoms with Crippen LogP contribution < -0.4 is 0 Å². The van der Waals surface area contributed by atoms with E-state index in [0.29, 0.717) is 12.8 Å². The van der Waals surface area contributed by atoms with E-state index in [9.17, 15) is 66.4 Å². The molecule has 0 atom stereocenters. The number of esters is 2. The molecular weight excluding hydrogens is 602 g/mol. The van der Waals surface area contributed by atoms with Crippen LogP contribution in [0.1, 0.15) is 71.4 Å². The number of nitrogens with zero attached hydrogens (tertiary/aromatic N) is 2. The van der Waals surface area contributed by atoms with Gasteiger partial charge in [0.1, 0.15) is 11.1 Å². The van der Waals surface area contributed by atoms with E-state index in [4.69, 9.17) is 9.47 Å². The highest BCUT2D eigenvalue weighted by atomic mass is 19.4. The summed E-state index contributed by atoms with van der Waals surface area (Å²) in [5, 5.41) is 43.6. The number of aromatic hydroxyl groups is 2. The number of hydrogen-bond donors (Lipinski definition) is 2. The van der Waals surface area contributed by atoms with E-state index in [1.54, 1.807) is 13.8 Å². The number of benzene rings is 2. The Bertz CT molecular complexity index is 1300. The van der Waals surface area contributed by atoms with E-state index in [0.717, 1.165) is 0 Å². The molecule has 0 radical (unpaired) electrons. The van der Waals surface area contributed by atoms with Gasteiger partial charge in [-0.15, -0.1) is 0 Å². The number of carbonyl (C=O) groups is 2. The van der Waals surface area contributed by atoms with Crippen molar-refractivity contribution in [2.24, 2.45) is 0 Å². The van der Waals surface area contributed by atoms with Crippen LogP contribution in [0.2, 0.25) is 0 Å². The summed E-state index contributed by atoms with van der Waals surface area (Å²) in [5.74, 6) is -6.62. The third-order valence-corrected chi connectivity index (χ3v) is 6.19. The summed E-state index contributed by atoms with van der Waals surface area (Å²) in [6, 6.07) is -0.904. The molecule has 0 saturated heterocycles. The van der Waals surface area contributed by atoms with Gasteiger partial charge in [-0.2, -0.15) is 26.3 Å². The summed E-state index contributed by atoms with van der Waals surface area (Å²) >= 11 is 0. The maximum Gasteiger partial charge on any atom is 0.411 e. The van der Waals surface area contributed by atoms with Gasteiger partial charge in [0.05, 0.1) is 23.1 Å². The monoisotopic (exact) mass is 626 g/mol. The maximum absolute atomic E-state index is 14.9. The number of phenolic OH excluding ortho intramolecular Hbond substituents is 2. The number of phenols is 2. The third kappa shape index (κ3) is 6.72. The van der Waals surface area contributed by atoms with Crippen LogP contribution in [0.5, 0.6) is 11.5 Å². The Morgan fingerprint density at radius 1 is 0.721 bits per heavy atom. The molecule has 236 valence electrons. The number of hydrogen-bond acceptors (Lipinski definition) is 10. The van der Waals surface area contributed by atoms with Crippen LogP contribution in [0, 0.1) is 20.2 Å². The van der Waals surface area contributed by atoms with Crippen LogP contribution in [0.4, 0.5) is 37.7 Å². The lowest BCUT2D eigenvalue weighted by molar-refractivity contribution is -0.386. The fraction of sp³-hybridized carbons (Fsp3) is 0.440. The van der Waals surface area contributed by atoms with E-state index in [1.807, 2.05) is 0 Å². The highest BCUT2D eigenvalue weighted by Gasteiger charge is 2.73. The first-order valence-electron chi connectivity index (χ1n) is 12.4. The number of nitro benzene ring substituents is 2. The molecule has 2 aromatic carbocycles. The number of rotatable bonds is 12. The van der Waals surface area contributed by atoms with E-state index < -0.39 is 97.9 Å². The molecule has 2 N–H and O–H groups in total. The Morgan fingerprint density at radius 3 is 1.30 bits per heavy atom. The van der Waals surface area contributed by atoms with Gasteiger partial charge in [-0.1, -0.05) is 26.7 Å². The standard InChI is InChI=1S/C25H24F6N2O10/c1-3-5-7-42-21(36)15-9-13(11-17(19(15)34)32(38)39)23(24(26,27)28,25(29,30)31)14-10-16(22(37)43-8-6-4-2)20(35)18(12-14)33(40)41/h9-12,34-35H,3-8H2,1-2H3. The van der Waals surface area contributed by atoms with Gasteiger partial charge >= 0.3 is 35.7 Å². The van der Waals surface area contributed by atoms with Gasteiger partial charge in [-0.3, -0.25) is 20.2 Å². The Labute approximate surface area is 238 Å². The van der Waals surface area contributed by atoms with Crippen LogP contribution in [0.25, 0.3) is 0 Å². The van der Waals surface area contributed by atoms with Gasteiger partial charge in [0.2, 0.25) is 16.9 Å². The fourth-order valence-electron chi connectivity index (χ4n) is 4.02. The molecule has 0 aliphatic carbocycles. The quantitative estimate of drug-likeness (QED) is 0.0900. The Hall–Kier alpha value is -4.64. The number of carbonyl (C=O) groups excluding carboxylic acids is 2. The first-order valence-corrected chi connectivity index (χ1v) is 12.4. The van der Waals surface area contributed by atoms with Crippen molar-refractivity contribution in [1.29, 1.82) is 0 Å². The number of unbranched alkanes of at least 4 members (excludes halogenated alkanes) is 2. The summed E-state index contributed by atoms with van der Waals surface area (Å²) in [6.07, 6.45) is -11.9. The summed E-state index contributed by atoms with van der Waals surface area (Å²) in [6.45, 7) is 2.46. The first-order chi connectivity index (χ1) is 19.9. The van der Waals surface area contributed by atoms with Gasteiger partial charge in [0.15, 0.2) is 0 Å². The molecule has 0 fully saturated rings. The Balaban J connectivity index is 3.13. The Kier molecular flexibility index (Phi) is 10.5. The lowest BCUT2D eigenvalue weighted by Gasteiger charge is -2.38. The minimum absolute atomic E-state index is 0.143. The second-order valence-electron chi connectivity index (χ2n) is 9.02. The molecule has 0 saturated carbocycles. The van der Waals surface area contributed by atoms with Crippen molar-refractivity contribution in [2.45, 2.75) is 57.3 Å². The van der Waals surface area contributed by atoms with Crippen LogP contribution >= 0.6 is 0 Å². The predicted octanol–water partition coefficient (Wildman–Crippen LogP) is 6.24. The molecule has 0 amide bonds. The minimum Gasteiger partial charge on any atom is -0.501 e. The second-order valence-corrected chi connectivity index (χ2v) is 9.02. The van der Waals surface area contributed by atoms with Gasteiger partial charge in [0, 0.05) is 12.1 Å². The molecule has 0 aromatic heterocycles. The molecule has 0 aliphatic heterocycles. The number of alkyl halides is 6. The summed E-state index contributed by atoms with van der Waals surface area (Å²) in [4.78, 5) is 45.1. The van der Waals surface area contributed by atoms with Gasteiger partial charge in [0.25, 0.3) is 0 Å². The largest absolute Gasteiger partial charge is 0.501 e. The molecule has 12 nitrogen and oxygen atoms in total. The summed E-state index contributed by atoms with van der Waals surface area (Å²) < 4.78 is 98.6. The Morgan fingerprint density at radius 2 is 1.05 bits per heavy atom. The summed E-state index contributed by atoms with van der Waals surface area (Å²) in [5.41, 5.74) is -16.0. The van der Waals surface area contributed by atoms with E-state index in [2.05, 4.69) is 0 Å². The second kappa shape index (κ2) is 13.1. The van der Waals surface area contributed by atoms with E-state index in [1.165, 1.54) is 0 Å². The molecule has 0 unspecified atom stereocenters. The van der Waals surface area contributed by atoms with Crippen molar-refractivity contribution in [1.82, 2.24) is 0 Å². The van der Waals surface area contributed by atoms with Crippen molar-refractivity contribution < 1.29 is 65.5 Å². The van der Waals surface area contributed by atoms with Crippen molar-refractivity contribution in [3.05, 3.63) is 66.7 Å². The lowest BCUT2D eigenvalue weighted by Crippen LogP contribution is -2.55. The van der Waals surface area contributed by atoms with Crippen molar-refractivity contribution in [2.75, 3.05) is 13.2 Å². The van der Waals surface area contributed by atoms with Crippen molar-refractivity contribution >= 4 is 23.3 Å². The zero-order valence-corrected chi connectivity index (χ0v) is 22.4. The molecule has 0 aliphatic rings. The average molecular weight is 626 g/mol. The summed E-state index contributed by atoms with van der Waals surface area (Å²) in [7, 11) is 0. The number of ether oxygens (including phenoxy) is 2. The molecular formula is C25H24F6N2O10. The van der Waals surface area contributed by atoms with Crippen LogP contribution in [0.3, 0.4) is 0 Å². The van der Waals surface area contributed by atoms with Crippen LogP contribution in [-0.4, -0.2) is 57.6 Å². The zero-order valence-electron chi connectivity index (χ0n) is 22.4. The van der Waals surface area contributed by atoms with Crippen molar-refractivity contribution in [3.63, 3.8) is 0 Å². The number of nitro groups is 2. The smallest absolute Gasteiger partial charge is 0.411 e. The topological polar surface area (TPSA) is 179 Å². The molecule has 43 heavy (non-hydrogen) atoms. The lowest BCUT2D eigenvalue weighted by atomic mass is 9.71. The van der Waals surface area contributed by atoms with E-state index >= 15 is 0 Å². The third-order valence-electron chi connectivity index (χ3n) is 6.19. The normalized spacial score (nSPS) is 12.1. The minimum atomic E-state index is -6.53. The SMILES string of the molecule is CCCCOC(=O)c1cc(C(c2cc(C(=O)OCCCC)c(O)c([N+](=O)[O-])c2)(C(F)(F)F)C(F)(F)F)cc([N+](=O)[O-])c1O. The van der Waals surface area contributed by atoms with Gasteiger partial charge in [-0.25, -0.2) is 9.59 Å². The predicted molar refractivity (Wildman–Crippen MR) is 133 cm³/mol. The highest BCUT2D eigenvalue weighted by Crippen LogP contribution is 2.58. The molecule has 18 heteroatoms. The fourth-order valence-corrected chi connectivity index (χ4v) is 4.02. The molecule has 2 aromatic rings. The molecule has 0 bridgehead atoms. The van der Waals surface area contributed by atoms with Gasteiger partial charge in [-0.05, 0) is 36.1 Å². The van der Waals surface area contributed by atoms with Crippen LogP contribution in [0.15, 0.2) is 24.3 Å². The van der Waals surface area contributed by atoms with Gasteiger partial charge < -0.3 is 19.7 Å². The molecule has 0 heterocycles. The van der Waals surface area contributed by atoms with Crippen LogP contribution in [-0.2, 0) is 14.9 Å². The number of halogens is 6. The average Bonchev–Trinajstić information content (AvgIpc) is 2.88.